The lowest BCUT2D eigenvalue weighted by atomic mass is 10.1. The number of nitrogens with zero attached hydrogens (tertiary/aromatic N) is 2. The van der Waals surface area contributed by atoms with Gasteiger partial charge in [0.1, 0.15) is 0 Å². The van der Waals surface area contributed by atoms with Crippen LogP contribution < -0.4 is 15.5 Å². The Morgan fingerprint density at radius 3 is 2.38 bits per heavy atom. The second-order valence-electron chi connectivity index (χ2n) is 7.39. The summed E-state index contributed by atoms with van der Waals surface area (Å²) in [4.78, 5) is 28.8. The topological polar surface area (TPSA) is 64.7 Å². The molecule has 0 spiro atoms. The molecule has 0 bridgehead atoms. The molecule has 29 heavy (non-hydrogen) atoms. The van der Waals surface area contributed by atoms with Crippen molar-refractivity contribution in [1.82, 2.24) is 15.5 Å². The van der Waals surface area contributed by atoms with Gasteiger partial charge in [0, 0.05) is 63.5 Å². The van der Waals surface area contributed by atoms with Gasteiger partial charge in [0.05, 0.1) is 0 Å². The minimum Gasteiger partial charge on any atom is -0.369 e. The lowest BCUT2D eigenvalue weighted by Crippen LogP contribution is -2.48. The van der Waals surface area contributed by atoms with Gasteiger partial charge < -0.3 is 15.5 Å². The summed E-state index contributed by atoms with van der Waals surface area (Å²) in [5.41, 5.74) is 2.94. The summed E-state index contributed by atoms with van der Waals surface area (Å²) < 4.78 is 0. The first-order valence-corrected chi connectivity index (χ1v) is 10.3. The van der Waals surface area contributed by atoms with E-state index in [1.54, 1.807) is 6.07 Å². The van der Waals surface area contributed by atoms with Gasteiger partial charge in [-0.1, -0.05) is 35.9 Å². The summed E-state index contributed by atoms with van der Waals surface area (Å²) in [5, 5.41) is 5.75. The zero-order valence-corrected chi connectivity index (χ0v) is 17.1. The Balaban J connectivity index is 1.27. The van der Waals surface area contributed by atoms with Gasteiger partial charge in [-0.15, -0.1) is 0 Å². The number of rotatable bonds is 8. The van der Waals surface area contributed by atoms with Crippen LogP contribution in [0, 0.1) is 6.92 Å². The van der Waals surface area contributed by atoms with Crippen LogP contribution in [0.2, 0.25) is 0 Å². The van der Waals surface area contributed by atoms with E-state index in [0.717, 1.165) is 38.3 Å². The number of hydrogen-bond acceptors (Lipinski definition) is 4. The molecule has 6 nitrogen and oxygen atoms in total. The highest BCUT2D eigenvalue weighted by atomic mass is 16.2. The van der Waals surface area contributed by atoms with Crippen LogP contribution in [-0.4, -0.2) is 62.5 Å². The molecule has 6 heteroatoms. The van der Waals surface area contributed by atoms with Crippen molar-refractivity contribution in [1.29, 1.82) is 0 Å². The molecule has 1 aliphatic rings. The van der Waals surface area contributed by atoms with Gasteiger partial charge in [-0.2, -0.15) is 0 Å². The van der Waals surface area contributed by atoms with E-state index < -0.39 is 0 Å². The van der Waals surface area contributed by atoms with Crippen molar-refractivity contribution >= 4 is 17.5 Å². The Bertz CT molecular complexity index is 802. The van der Waals surface area contributed by atoms with Crippen molar-refractivity contribution in [3.8, 4) is 0 Å². The first-order chi connectivity index (χ1) is 14.1. The van der Waals surface area contributed by atoms with Gasteiger partial charge >= 0.3 is 0 Å². The van der Waals surface area contributed by atoms with Crippen LogP contribution >= 0.6 is 0 Å². The fourth-order valence-corrected chi connectivity index (χ4v) is 3.49. The summed E-state index contributed by atoms with van der Waals surface area (Å²) in [5.74, 6) is -0.171. The van der Waals surface area contributed by atoms with Crippen LogP contribution in [0.25, 0.3) is 0 Å². The Morgan fingerprint density at radius 2 is 1.66 bits per heavy atom. The van der Waals surface area contributed by atoms with E-state index in [0.29, 0.717) is 25.1 Å². The number of amides is 2. The Morgan fingerprint density at radius 1 is 0.897 bits per heavy atom. The van der Waals surface area contributed by atoms with Crippen LogP contribution in [0.5, 0.6) is 0 Å². The zero-order chi connectivity index (χ0) is 20.5. The van der Waals surface area contributed by atoms with Crippen molar-refractivity contribution in [3.05, 3.63) is 65.7 Å². The number of anilines is 1. The maximum Gasteiger partial charge on any atom is 0.251 e. The molecule has 2 amide bonds. The number of carbonyl (C=O) groups is 2. The number of aryl methyl sites for hydroxylation is 1. The average Bonchev–Trinajstić information content (AvgIpc) is 2.75. The molecule has 1 heterocycles. The van der Waals surface area contributed by atoms with Crippen molar-refractivity contribution in [2.24, 2.45) is 0 Å². The lowest BCUT2D eigenvalue weighted by molar-refractivity contribution is -0.121. The SMILES string of the molecule is Cc1cccc(C(=O)NCCC(=O)NCCN2CCN(c3ccccc3)CC2)c1. The quantitative estimate of drug-likeness (QED) is 0.719. The van der Waals surface area contributed by atoms with Gasteiger partial charge in [-0.05, 0) is 31.2 Å². The summed E-state index contributed by atoms with van der Waals surface area (Å²) in [7, 11) is 0. The summed E-state index contributed by atoms with van der Waals surface area (Å²) >= 11 is 0. The smallest absolute Gasteiger partial charge is 0.251 e. The second kappa shape index (κ2) is 10.6. The van der Waals surface area contributed by atoms with Crippen LogP contribution in [-0.2, 0) is 4.79 Å². The molecule has 0 unspecified atom stereocenters. The Hall–Kier alpha value is -2.86. The summed E-state index contributed by atoms with van der Waals surface area (Å²) in [6.45, 7) is 7.78. The Kier molecular flexibility index (Phi) is 7.64. The van der Waals surface area contributed by atoms with E-state index in [1.807, 2.05) is 31.2 Å². The van der Waals surface area contributed by atoms with E-state index in [1.165, 1.54) is 5.69 Å². The number of para-hydroxylation sites is 1. The van der Waals surface area contributed by atoms with Gasteiger partial charge in [-0.25, -0.2) is 0 Å². The third kappa shape index (κ3) is 6.61. The standard InChI is InChI=1S/C23H30N4O2/c1-19-6-5-7-20(18-19)23(29)25-11-10-22(28)24-12-13-26-14-16-27(17-15-26)21-8-3-2-4-9-21/h2-9,18H,10-17H2,1H3,(H,24,28)(H,25,29). The zero-order valence-electron chi connectivity index (χ0n) is 17.1. The van der Waals surface area contributed by atoms with Gasteiger partial charge in [0.2, 0.25) is 5.91 Å². The van der Waals surface area contributed by atoms with E-state index in [-0.39, 0.29) is 11.8 Å². The fourth-order valence-electron chi connectivity index (χ4n) is 3.49. The highest BCUT2D eigenvalue weighted by molar-refractivity contribution is 5.94. The molecule has 1 aliphatic heterocycles. The molecule has 0 aromatic heterocycles. The van der Waals surface area contributed by atoms with Crippen LogP contribution in [0.3, 0.4) is 0 Å². The number of hydrogen-bond donors (Lipinski definition) is 2. The minimum atomic E-state index is -0.141. The molecule has 1 fully saturated rings. The van der Waals surface area contributed by atoms with E-state index in [2.05, 4.69) is 44.7 Å². The number of benzene rings is 2. The molecule has 0 radical (unpaired) electrons. The third-order valence-corrected chi connectivity index (χ3v) is 5.16. The predicted octanol–water partition coefficient (Wildman–Crippen LogP) is 2.05. The maximum absolute atomic E-state index is 12.1. The highest BCUT2D eigenvalue weighted by Crippen LogP contribution is 2.15. The van der Waals surface area contributed by atoms with Crippen LogP contribution in [0.15, 0.2) is 54.6 Å². The van der Waals surface area contributed by atoms with Crippen molar-refractivity contribution in [2.75, 3.05) is 50.7 Å². The van der Waals surface area contributed by atoms with Crippen LogP contribution in [0.4, 0.5) is 5.69 Å². The van der Waals surface area contributed by atoms with Crippen LogP contribution in [0.1, 0.15) is 22.3 Å². The number of carbonyl (C=O) groups excluding carboxylic acids is 2. The molecular weight excluding hydrogens is 364 g/mol. The average molecular weight is 395 g/mol. The largest absolute Gasteiger partial charge is 0.369 e. The van der Waals surface area contributed by atoms with Gasteiger partial charge in [-0.3, -0.25) is 14.5 Å². The normalized spacial score (nSPS) is 14.4. The van der Waals surface area contributed by atoms with E-state index >= 15 is 0 Å². The molecule has 1 saturated heterocycles. The monoisotopic (exact) mass is 394 g/mol. The minimum absolute atomic E-state index is 0.0301. The lowest BCUT2D eigenvalue weighted by Gasteiger charge is -2.36. The fraction of sp³-hybridized carbons (Fsp3) is 0.391. The number of nitrogens with one attached hydrogen (secondary N) is 2. The maximum atomic E-state index is 12.1. The molecule has 2 N–H and O–H groups in total. The van der Waals surface area contributed by atoms with Crippen molar-refractivity contribution < 1.29 is 9.59 Å². The molecule has 3 rings (SSSR count). The molecule has 2 aromatic rings. The molecular formula is C23H30N4O2. The first kappa shape index (κ1) is 20.9. The molecule has 154 valence electrons. The van der Waals surface area contributed by atoms with E-state index in [9.17, 15) is 9.59 Å². The predicted molar refractivity (Wildman–Crippen MR) is 116 cm³/mol. The van der Waals surface area contributed by atoms with Crippen molar-refractivity contribution in [2.45, 2.75) is 13.3 Å². The molecule has 0 aliphatic carbocycles. The highest BCUT2D eigenvalue weighted by Gasteiger charge is 2.16. The summed E-state index contributed by atoms with van der Waals surface area (Å²) in [6, 6.07) is 17.9. The summed E-state index contributed by atoms with van der Waals surface area (Å²) in [6.07, 6.45) is 0.291. The first-order valence-electron chi connectivity index (χ1n) is 10.3. The third-order valence-electron chi connectivity index (χ3n) is 5.16. The van der Waals surface area contributed by atoms with Gasteiger partial charge in [0.15, 0.2) is 0 Å². The van der Waals surface area contributed by atoms with Crippen molar-refractivity contribution in [3.63, 3.8) is 0 Å². The number of piperazine rings is 1. The second-order valence-corrected chi connectivity index (χ2v) is 7.39. The molecule has 0 atom stereocenters. The molecule has 0 saturated carbocycles. The van der Waals surface area contributed by atoms with Gasteiger partial charge in [0.25, 0.3) is 5.91 Å². The van der Waals surface area contributed by atoms with E-state index in [4.69, 9.17) is 0 Å². The molecule has 2 aromatic carbocycles. The Labute approximate surface area is 172 Å².